The molecule has 0 unspecified atom stereocenters. The molecule has 62 valence electrons. The number of hydrogen-bond acceptors (Lipinski definition) is 2. The number of nitrogens with zero attached hydrogens (tertiary/aromatic N) is 2. The number of carbonyl (C=O) groups excluding carboxylic acids is 1. The van der Waals surface area contributed by atoms with Crippen molar-refractivity contribution in [2.75, 3.05) is 6.54 Å². The van der Waals surface area contributed by atoms with Crippen LogP contribution in [0.2, 0.25) is 0 Å². The Kier molecular flexibility index (Phi) is 1.73. The predicted molar refractivity (Wildman–Crippen MR) is 46.8 cm³/mol. The fourth-order valence-electron chi connectivity index (χ4n) is 1.19. The van der Waals surface area contributed by atoms with Crippen LogP contribution in [0.25, 0.3) is 0 Å². The highest BCUT2D eigenvalue weighted by Gasteiger charge is 2.18. The van der Waals surface area contributed by atoms with Gasteiger partial charge in [-0.05, 0) is 12.2 Å². The molecule has 0 fully saturated rings. The van der Waals surface area contributed by atoms with E-state index in [1.165, 1.54) is 0 Å². The SMILES string of the molecule is O=C1CCN2C=C(Cl)C=CC2=N1. The first-order valence-electron chi connectivity index (χ1n) is 3.69. The van der Waals surface area contributed by atoms with E-state index in [-0.39, 0.29) is 5.91 Å². The van der Waals surface area contributed by atoms with E-state index in [2.05, 4.69) is 4.99 Å². The molecule has 3 nitrogen and oxygen atoms in total. The summed E-state index contributed by atoms with van der Waals surface area (Å²) >= 11 is 5.77. The lowest BCUT2D eigenvalue weighted by Gasteiger charge is -2.25. The summed E-state index contributed by atoms with van der Waals surface area (Å²) in [7, 11) is 0. The molecule has 2 aliphatic rings. The van der Waals surface area contributed by atoms with Gasteiger partial charge in [0.1, 0.15) is 5.84 Å². The molecule has 0 aliphatic carbocycles. The maximum Gasteiger partial charge on any atom is 0.249 e. The molecule has 1 amide bonds. The minimum atomic E-state index is -0.0580. The second-order valence-electron chi connectivity index (χ2n) is 2.65. The van der Waals surface area contributed by atoms with Crippen LogP contribution in [0.3, 0.4) is 0 Å². The van der Waals surface area contributed by atoms with Crippen molar-refractivity contribution < 1.29 is 4.79 Å². The van der Waals surface area contributed by atoms with Gasteiger partial charge >= 0.3 is 0 Å². The van der Waals surface area contributed by atoms with E-state index in [9.17, 15) is 4.79 Å². The van der Waals surface area contributed by atoms with E-state index in [0.717, 1.165) is 0 Å². The van der Waals surface area contributed by atoms with Crippen LogP contribution in [0.1, 0.15) is 6.42 Å². The molecule has 0 atom stereocenters. The van der Waals surface area contributed by atoms with E-state index >= 15 is 0 Å². The van der Waals surface area contributed by atoms with Gasteiger partial charge in [-0.1, -0.05) is 11.6 Å². The Balaban J connectivity index is 2.33. The van der Waals surface area contributed by atoms with Crippen molar-refractivity contribution in [3.8, 4) is 0 Å². The molecule has 0 spiro atoms. The van der Waals surface area contributed by atoms with Gasteiger partial charge in [-0.3, -0.25) is 4.79 Å². The van der Waals surface area contributed by atoms with Crippen LogP contribution in [0, 0.1) is 0 Å². The zero-order valence-corrected chi connectivity index (χ0v) is 7.08. The Morgan fingerprint density at radius 2 is 2.33 bits per heavy atom. The van der Waals surface area contributed by atoms with E-state index in [0.29, 0.717) is 23.8 Å². The molecule has 0 radical (unpaired) electrons. The third kappa shape index (κ3) is 1.28. The molecule has 12 heavy (non-hydrogen) atoms. The Bertz CT molecular complexity index is 317. The summed E-state index contributed by atoms with van der Waals surface area (Å²) in [6.07, 6.45) is 5.74. The largest absolute Gasteiger partial charge is 0.331 e. The zero-order valence-electron chi connectivity index (χ0n) is 6.33. The van der Waals surface area contributed by atoms with Crippen LogP contribution in [-0.4, -0.2) is 23.2 Å². The molecule has 0 bridgehead atoms. The van der Waals surface area contributed by atoms with Crippen LogP contribution in [0.15, 0.2) is 28.4 Å². The standard InChI is InChI=1S/C8H7ClN2O/c9-6-1-2-7-10-8(12)3-4-11(7)5-6/h1-2,5H,3-4H2. The second kappa shape index (κ2) is 2.75. The van der Waals surface area contributed by atoms with Crippen LogP contribution in [0.4, 0.5) is 0 Å². The molecular formula is C8H7ClN2O. The first-order chi connectivity index (χ1) is 5.75. The molecule has 2 heterocycles. The van der Waals surface area contributed by atoms with Crippen LogP contribution < -0.4 is 0 Å². The molecule has 0 saturated heterocycles. The van der Waals surface area contributed by atoms with Crippen LogP contribution in [-0.2, 0) is 4.79 Å². The summed E-state index contributed by atoms with van der Waals surface area (Å²) < 4.78 is 0. The number of allylic oxidation sites excluding steroid dienone is 2. The first kappa shape index (κ1) is 7.55. The average Bonchev–Trinajstić information content (AvgIpc) is 2.05. The zero-order chi connectivity index (χ0) is 8.55. The maximum absolute atomic E-state index is 10.9. The van der Waals surface area contributed by atoms with Crippen LogP contribution in [0.5, 0.6) is 0 Å². The highest BCUT2D eigenvalue weighted by molar-refractivity contribution is 6.32. The van der Waals surface area contributed by atoms with Crippen LogP contribution >= 0.6 is 11.6 Å². The maximum atomic E-state index is 10.9. The number of hydrogen-bond donors (Lipinski definition) is 0. The lowest BCUT2D eigenvalue weighted by atomic mass is 10.2. The number of amides is 1. The van der Waals surface area contributed by atoms with Gasteiger partial charge in [-0.2, -0.15) is 4.99 Å². The molecule has 2 rings (SSSR count). The molecule has 0 N–H and O–H groups in total. The fourth-order valence-corrected chi connectivity index (χ4v) is 1.37. The average molecular weight is 183 g/mol. The summed E-state index contributed by atoms with van der Waals surface area (Å²) in [6, 6.07) is 0. The molecule has 4 heteroatoms. The van der Waals surface area contributed by atoms with Gasteiger partial charge in [0.2, 0.25) is 5.91 Å². The minimum Gasteiger partial charge on any atom is -0.331 e. The summed E-state index contributed by atoms with van der Waals surface area (Å²) in [4.78, 5) is 16.6. The summed E-state index contributed by atoms with van der Waals surface area (Å²) in [5.41, 5.74) is 0. The highest BCUT2D eigenvalue weighted by Crippen LogP contribution is 2.16. The van der Waals surface area contributed by atoms with E-state index in [1.807, 2.05) is 4.90 Å². The molecular weight excluding hydrogens is 176 g/mol. The number of amidine groups is 1. The summed E-state index contributed by atoms with van der Waals surface area (Å²) in [6.45, 7) is 0.679. The van der Waals surface area contributed by atoms with Crippen molar-refractivity contribution in [3.63, 3.8) is 0 Å². The van der Waals surface area contributed by atoms with Crippen molar-refractivity contribution >= 4 is 23.3 Å². The second-order valence-corrected chi connectivity index (χ2v) is 3.09. The van der Waals surface area contributed by atoms with Gasteiger partial charge in [0.15, 0.2) is 0 Å². The van der Waals surface area contributed by atoms with Gasteiger partial charge in [-0.15, -0.1) is 0 Å². The van der Waals surface area contributed by atoms with Gasteiger partial charge in [0.25, 0.3) is 0 Å². The number of fused-ring (bicyclic) bond motifs is 1. The Hall–Kier alpha value is -1.09. The number of halogens is 1. The Morgan fingerprint density at radius 3 is 3.17 bits per heavy atom. The highest BCUT2D eigenvalue weighted by atomic mass is 35.5. The van der Waals surface area contributed by atoms with Crippen molar-refractivity contribution in [2.24, 2.45) is 4.99 Å². The van der Waals surface area contributed by atoms with Gasteiger partial charge in [0.05, 0.1) is 5.03 Å². The monoisotopic (exact) mass is 182 g/mol. The quantitative estimate of drug-likeness (QED) is 0.565. The van der Waals surface area contributed by atoms with Crippen molar-refractivity contribution in [1.82, 2.24) is 4.90 Å². The lowest BCUT2D eigenvalue weighted by molar-refractivity contribution is -0.118. The van der Waals surface area contributed by atoms with Gasteiger partial charge in [0, 0.05) is 19.2 Å². The van der Waals surface area contributed by atoms with Crippen molar-refractivity contribution in [1.29, 1.82) is 0 Å². The summed E-state index contributed by atoms with van der Waals surface area (Å²) in [5.74, 6) is 0.632. The van der Waals surface area contributed by atoms with E-state index in [4.69, 9.17) is 11.6 Å². The predicted octanol–water partition coefficient (Wildman–Crippen LogP) is 1.27. The van der Waals surface area contributed by atoms with Crippen molar-refractivity contribution in [3.05, 3.63) is 23.4 Å². The molecule has 0 aromatic carbocycles. The van der Waals surface area contributed by atoms with E-state index in [1.54, 1.807) is 18.4 Å². The number of rotatable bonds is 0. The molecule has 0 aromatic heterocycles. The third-order valence-corrected chi connectivity index (χ3v) is 1.99. The normalized spacial score (nSPS) is 21.8. The smallest absolute Gasteiger partial charge is 0.249 e. The lowest BCUT2D eigenvalue weighted by Crippen LogP contribution is -2.33. The number of aliphatic imine (C=N–C) groups is 1. The van der Waals surface area contributed by atoms with Gasteiger partial charge < -0.3 is 4.90 Å². The first-order valence-corrected chi connectivity index (χ1v) is 4.07. The van der Waals surface area contributed by atoms with Gasteiger partial charge in [-0.25, -0.2) is 0 Å². The molecule has 0 aromatic rings. The Labute approximate surface area is 75.0 Å². The topological polar surface area (TPSA) is 32.7 Å². The summed E-state index contributed by atoms with van der Waals surface area (Å²) in [5, 5.41) is 0.670. The minimum absolute atomic E-state index is 0.0580. The van der Waals surface area contributed by atoms with Crippen molar-refractivity contribution in [2.45, 2.75) is 6.42 Å². The number of carbonyl (C=O) groups is 1. The molecule has 2 aliphatic heterocycles. The third-order valence-electron chi connectivity index (χ3n) is 1.77. The molecule has 0 saturated carbocycles. The Morgan fingerprint density at radius 1 is 1.50 bits per heavy atom. The van der Waals surface area contributed by atoms with E-state index < -0.39 is 0 Å². The fraction of sp³-hybridized carbons (Fsp3) is 0.250.